The molecule has 0 spiro atoms. The molecule has 4 nitrogen and oxygen atoms in total. The van der Waals surface area contributed by atoms with Crippen LogP contribution in [0.4, 0.5) is 5.69 Å². The predicted octanol–water partition coefficient (Wildman–Crippen LogP) is 2.57. The fourth-order valence-electron chi connectivity index (χ4n) is 1.80. The zero-order valence-electron chi connectivity index (χ0n) is 11.6. The van der Waals surface area contributed by atoms with E-state index in [9.17, 15) is 0 Å². The average molecular weight is 249 g/mol. The minimum Gasteiger partial charge on any atom is -0.409 e. The summed E-state index contributed by atoms with van der Waals surface area (Å²) >= 11 is 0. The average Bonchev–Trinajstić information content (AvgIpc) is 2.34. The van der Waals surface area contributed by atoms with Crippen molar-refractivity contribution in [1.29, 1.82) is 0 Å². The summed E-state index contributed by atoms with van der Waals surface area (Å²) in [4.78, 5) is 2.15. The Morgan fingerprint density at radius 3 is 2.67 bits per heavy atom. The number of aryl methyl sites for hydroxylation is 1. The zero-order valence-corrected chi connectivity index (χ0v) is 11.6. The lowest BCUT2D eigenvalue weighted by Gasteiger charge is -2.23. The molecule has 0 saturated carbocycles. The number of hydrogen-bond acceptors (Lipinski definition) is 3. The Labute approximate surface area is 109 Å². The molecule has 0 aliphatic carbocycles. The van der Waals surface area contributed by atoms with E-state index in [1.165, 1.54) is 0 Å². The number of amidine groups is 1. The molecule has 0 aliphatic rings. The molecule has 0 atom stereocenters. The van der Waals surface area contributed by atoms with Gasteiger partial charge in [0, 0.05) is 24.8 Å². The third-order valence-electron chi connectivity index (χ3n) is 2.99. The van der Waals surface area contributed by atoms with Crippen molar-refractivity contribution in [2.75, 3.05) is 18.5 Å². The molecule has 4 heteroatoms. The lowest BCUT2D eigenvalue weighted by atomic mass is 10.1. The summed E-state index contributed by atoms with van der Waals surface area (Å²) < 4.78 is 0. The lowest BCUT2D eigenvalue weighted by Crippen LogP contribution is -2.24. The number of oxime groups is 1. The van der Waals surface area contributed by atoms with Crippen LogP contribution >= 0.6 is 0 Å². The van der Waals surface area contributed by atoms with Crippen LogP contribution in [0.1, 0.15) is 31.4 Å². The molecule has 0 aliphatic heterocycles. The van der Waals surface area contributed by atoms with Crippen molar-refractivity contribution in [3.63, 3.8) is 0 Å². The van der Waals surface area contributed by atoms with Crippen LogP contribution < -0.4 is 10.6 Å². The Bertz CT molecular complexity index is 427. The van der Waals surface area contributed by atoms with Gasteiger partial charge in [0.05, 0.1) is 0 Å². The maximum absolute atomic E-state index is 8.83. The maximum Gasteiger partial charge on any atom is 0.172 e. The van der Waals surface area contributed by atoms with Crippen molar-refractivity contribution in [3.05, 3.63) is 29.3 Å². The molecule has 1 aromatic carbocycles. The molecule has 0 saturated heterocycles. The molecule has 3 N–H and O–H groups in total. The summed E-state index contributed by atoms with van der Waals surface area (Å²) in [7, 11) is 2.03. The molecule has 100 valence electrons. The van der Waals surface area contributed by atoms with Crippen molar-refractivity contribution in [3.8, 4) is 0 Å². The minimum atomic E-state index is 0.154. The largest absolute Gasteiger partial charge is 0.409 e. The van der Waals surface area contributed by atoms with Gasteiger partial charge in [0.15, 0.2) is 5.84 Å². The van der Waals surface area contributed by atoms with Crippen LogP contribution in [0.2, 0.25) is 0 Å². The quantitative estimate of drug-likeness (QED) is 0.365. The lowest BCUT2D eigenvalue weighted by molar-refractivity contribution is 0.318. The van der Waals surface area contributed by atoms with Crippen molar-refractivity contribution in [2.45, 2.75) is 27.2 Å². The van der Waals surface area contributed by atoms with Gasteiger partial charge < -0.3 is 15.8 Å². The number of rotatable bonds is 5. The number of nitrogens with zero attached hydrogens (tertiary/aromatic N) is 2. The van der Waals surface area contributed by atoms with Gasteiger partial charge in [-0.05, 0) is 37.0 Å². The molecule has 0 unspecified atom stereocenters. The maximum atomic E-state index is 8.83. The zero-order chi connectivity index (χ0) is 13.7. The van der Waals surface area contributed by atoms with Gasteiger partial charge in [-0.1, -0.05) is 25.1 Å². The summed E-state index contributed by atoms with van der Waals surface area (Å²) in [6.07, 6.45) is 1.11. The Kier molecular flexibility index (Phi) is 5.01. The van der Waals surface area contributed by atoms with Crippen molar-refractivity contribution >= 4 is 11.5 Å². The summed E-state index contributed by atoms with van der Waals surface area (Å²) in [5.74, 6) is 0.811. The van der Waals surface area contributed by atoms with Gasteiger partial charge in [0.1, 0.15) is 0 Å². The highest BCUT2D eigenvalue weighted by molar-refractivity contribution is 6.02. The van der Waals surface area contributed by atoms with Crippen LogP contribution in [0.15, 0.2) is 23.4 Å². The SMILES string of the molecule is Cc1ccc(C(N)=NO)c(N(C)CCC(C)C)c1. The molecule has 0 heterocycles. The second kappa shape index (κ2) is 6.28. The molecule has 0 fully saturated rings. The molecular weight excluding hydrogens is 226 g/mol. The Hall–Kier alpha value is -1.71. The Morgan fingerprint density at radius 2 is 2.11 bits per heavy atom. The highest BCUT2D eigenvalue weighted by Crippen LogP contribution is 2.22. The first-order chi connectivity index (χ1) is 8.45. The van der Waals surface area contributed by atoms with Crippen molar-refractivity contribution in [1.82, 2.24) is 0 Å². The Balaban J connectivity index is 3.01. The molecule has 0 aromatic heterocycles. The topological polar surface area (TPSA) is 61.9 Å². The molecule has 0 radical (unpaired) electrons. The van der Waals surface area contributed by atoms with Gasteiger partial charge in [-0.15, -0.1) is 0 Å². The van der Waals surface area contributed by atoms with Crippen LogP contribution in [-0.2, 0) is 0 Å². The summed E-state index contributed by atoms with van der Waals surface area (Å²) in [6.45, 7) is 7.39. The smallest absolute Gasteiger partial charge is 0.172 e. The van der Waals surface area contributed by atoms with E-state index >= 15 is 0 Å². The van der Waals surface area contributed by atoms with Gasteiger partial charge in [-0.25, -0.2) is 0 Å². The van der Waals surface area contributed by atoms with E-state index in [1.807, 2.05) is 26.1 Å². The summed E-state index contributed by atoms with van der Waals surface area (Å²) in [6, 6.07) is 5.92. The van der Waals surface area contributed by atoms with E-state index in [1.54, 1.807) is 0 Å². The van der Waals surface area contributed by atoms with Crippen LogP contribution in [0.25, 0.3) is 0 Å². The number of nitrogens with two attached hydrogens (primary N) is 1. The summed E-state index contributed by atoms with van der Waals surface area (Å²) in [5.41, 5.74) is 8.65. The first-order valence-corrected chi connectivity index (χ1v) is 6.25. The van der Waals surface area contributed by atoms with Crippen LogP contribution in [-0.4, -0.2) is 24.6 Å². The van der Waals surface area contributed by atoms with E-state index in [0.717, 1.165) is 29.8 Å². The van der Waals surface area contributed by atoms with Gasteiger partial charge in [0.2, 0.25) is 0 Å². The molecular formula is C14H23N3O. The normalized spacial score (nSPS) is 11.9. The van der Waals surface area contributed by atoms with E-state index in [0.29, 0.717) is 5.92 Å². The van der Waals surface area contributed by atoms with E-state index in [2.05, 4.69) is 30.0 Å². The third-order valence-corrected chi connectivity index (χ3v) is 2.99. The monoisotopic (exact) mass is 249 g/mol. The standard InChI is InChI=1S/C14H23N3O/c1-10(2)7-8-17(4)13-9-11(3)5-6-12(13)14(15)16-18/h5-6,9-10,18H,7-8H2,1-4H3,(H2,15,16). The van der Waals surface area contributed by atoms with E-state index < -0.39 is 0 Å². The van der Waals surface area contributed by atoms with Crippen molar-refractivity contribution in [2.24, 2.45) is 16.8 Å². The van der Waals surface area contributed by atoms with Crippen LogP contribution in [0, 0.1) is 12.8 Å². The van der Waals surface area contributed by atoms with E-state index in [4.69, 9.17) is 10.9 Å². The minimum absolute atomic E-state index is 0.154. The van der Waals surface area contributed by atoms with Gasteiger partial charge in [-0.3, -0.25) is 0 Å². The van der Waals surface area contributed by atoms with Gasteiger partial charge >= 0.3 is 0 Å². The Morgan fingerprint density at radius 1 is 1.44 bits per heavy atom. The van der Waals surface area contributed by atoms with E-state index in [-0.39, 0.29) is 5.84 Å². The third kappa shape index (κ3) is 3.65. The molecule has 1 rings (SSSR count). The fraction of sp³-hybridized carbons (Fsp3) is 0.500. The highest BCUT2D eigenvalue weighted by atomic mass is 16.4. The number of anilines is 1. The predicted molar refractivity (Wildman–Crippen MR) is 76.4 cm³/mol. The van der Waals surface area contributed by atoms with Crippen LogP contribution in [0.5, 0.6) is 0 Å². The summed E-state index contributed by atoms with van der Waals surface area (Å²) in [5, 5.41) is 11.9. The van der Waals surface area contributed by atoms with Crippen molar-refractivity contribution < 1.29 is 5.21 Å². The number of hydrogen-bond donors (Lipinski definition) is 2. The first-order valence-electron chi connectivity index (χ1n) is 6.25. The van der Waals surface area contributed by atoms with Gasteiger partial charge in [0.25, 0.3) is 0 Å². The molecule has 0 amide bonds. The molecule has 0 bridgehead atoms. The molecule has 1 aromatic rings. The highest BCUT2D eigenvalue weighted by Gasteiger charge is 2.11. The second-order valence-electron chi connectivity index (χ2n) is 5.11. The number of benzene rings is 1. The van der Waals surface area contributed by atoms with Gasteiger partial charge in [-0.2, -0.15) is 0 Å². The molecule has 18 heavy (non-hydrogen) atoms. The van der Waals surface area contributed by atoms with Crippen LogP contribution in [0.3, 0.4) is 0 Å². The first kappa shape index (κ1) is 14.4. The second-order valence-corrected chi connectivity index (χ2v) is 5.11. The fourth-order valence-corrected chi connectivity index (χ4v) is 1.80.